The van der Waals surface area contributed by atoms with Crippen molar-refractivity contribution in [1.82, 2.24) is 20.0 Å². The van der Waals surface area contributed by atoms with Crippen molar-refractivity contribution in [1.29, 1.82) is 0 Å². The summed E-state index contributed by atoms with van der Waals surface area (Å²) in [5.74, 6) is -0.191. The number of hydrogen-bond acceptors (Lipinski definition) is 3. The number of piperazine rings is 1. The van der Waals surface area contributed by atoms with Gasteiger partial charge in [-0.3, -0.25) is 4.79 Å². The molecule has 0 aliphatic carbocycles. The standard InChI is InChI=1S/C17H19F3N4O.ClH/c1-11-12(2)23(9-8-21-11)16(25)13-4-3-5-14(10-13)24-15(6-7-22-24)17(18,19)20;/h3-7,10-12,21H,8-9H2,1-2H3;1H. The fraction of sp³-hybridized carbons (Fsp3) is 0.412. The molecule has 9 heteroatoms. The molecule has 2 aromatic rings. The first-order valence-electron chi connectivity index (χ1n) is 8.05. The molecule has 2 atom stereocenters. The van der Waals surface area contributed by atoms with E-state index < -0.39 is 11.9 Å². The number of carbonyl (C=O) groups is 1. The van der Waals surface area contributed by atoms with E-state index in [2.05, 4.69) is 10.4 Å². The molecular formula is C17H20ClF3N4O. The Hall–Kier alpha value is -2.06. The van der Waals surface area contributed by atoms with Crippen molar-refractivity contribution in [2.45, 2.75) is 32.1 Å². The molecule has 1 aliphatic rings. The molecule has 0 radical (unpaired) electrons. The molecule has 1 amide bonds. The van der Waals surface area contributed by atoms with E-state index in [4.69, 9.17) is 0 Å². The second kappa shape index (κ2) is 7.67. The zero-order chi connectivity index (χ0) is 18.2. The quantitative estimate of drug-likeness (QED) is 0.860. The molecular weight excluding hydrogens is 369 g/mol. The molecule has 1 saturated heterocycles. The third-order valence-electron chi connectivity index (χ3n) is 4.57. The lowest BCUT2D eigenvalue weighted by Gasteiger charge is -2.38. The van der Waals surface area contributed by atoms with Crippen molar-refractivity contribution in [3.63, 3.8) is 0 Å². The van der Waals surface area contributed by atoms with Crippen LogP contribution in [0.1, 0.15) is 29.9 Å². The predicted molar refractivity (Wildman–Crippen MR) is 93.8 cm³/mol. The van der Waals surface area contributed by atoms with Crippen LogP contribution < -0.4 is 5.32 Å². The number of alkyl halides is 3. The third kappa shape index (κ3) is 3.86. The Kier molecular flexibility index (Phi) is 5.98. The summed E-state index contributed by atoms with van der Waals surface area (Å²) < 4.78 is 40.0. The van der Waals surface area contributed by atoms with Crippen LogP contribution in [0.2, 0.25) is 0 Å². The van der Waals surface area contributed by atoms with Crippen LogP contribution in [0.15, 0.2) is 36.5 Å². The minimum absolute atomic E-state index is 0. The van der Waals surface area contributed by atoms with E-state index in [1.165, 1.54) is 12.1 Å². The maximum atomic E-state index is 13.1. The maximum Gasteiger partial charge on any atom is 0.433 e. The average molecular weight is 389 g/mol. The van der Waals surface area contributed by atoms with Gasteiger partial charge in [0.15, 0.2) is 0 Å². The molecule has 0 spiro atoms. The van der Waals surface area contributed by atoms with Crippen LogP contribution in [0.5, 0.6) is 0 Å². The van der Waals surface area contributed by atoms with Gasteiger partial charge in [0, 0.05) is 30.7 Å². The van der Waals surface area contributed by atoms with E-state index in [0.29, 0.717) is 18.7 Å². The molecule has 142 valence electrons. The number of nitrogens with zero attached hydrogens (tertiary/aromatic N) is 3. The summed E-state index contributed by atoms with van der Waals surface area (Å²) in [4.78, 5) is 14.5. The number of rotatable bonds is 2. The Morgan fingerprint density at radius 2 is 2.00 bits per heavy atom. The third-order valence-corrected chi connectivity index (χ3v) is 4.57. The fourth-order valence-corrected chi connectivity index (χ4v) is 3.00. The Bertz CT molecular complexity index is 777. The van der Waals surface area contributed by atoms with E-state index in [-0.39, 0.29) is 36.1 Å². The van der Waals surface area contributed by atoms with E-state index in [0.717, 1.165) is 16.9 Å². The zero-order valence-electron chi connectivity index (χ0n) is 14.3. The second-order valence-electron chi connectivity index (χ2n) is 6.16. The van der Waals surface area contributed by atoms with E-state index in [1.807, 2.05) is 13.8 Å². The SMILES string of the molecule is CC1NCCN(C(=O)c2cccc(-n3nccc3C(F)(F)F)c2)C1C.Cl. The minimum atomic E-state index is -4.51. The number of nitrogens with one attached hydrogen (secondary N) is 1. The Labute approximate surface area is 155 Å². The van der Waals surface area contributed by atoms with Crippen molar-refractivity contribution >= 4 is 18.3 Å². The van der Waals surface area contributed by atoms with Gasteiger partial charge >= 0.3 is 6.18 Å². The molecule has 5 nitrogen and oxygen atoms in total. The number of amides is 1. The van der Waals surface area contributed by atoms with Gasteiger partial charge in [0.25, 0.3) is 5.91 Å². The summed E-state index contributed by atoms with van der Waals surface area (Å²) in [6.45, 7) is 5.20. The van der Waals surface area contributed by atoms with Crippen LogP contribution in [0.3, 0.4) is 0 Å². The molecule has 26 heavy (non-hydrogen) atoms. The minimum Gasteiger partial charge on any atom is -0.333 e. The van der Waals surface area contributed by atoms with Gasteiger partial charge in [0.2, 0.25) is 0 Å². The number of benzene rings is 1. The first-order chi connectivity index (χ1) is 11.8. The van der Waals surface area contributed by atoms with Crippen molar-refractivity contribution in [2.75, 3.05) is 13.1 Å². The predicted octanol–water partition coefficient (Wildman–Crippen LogP) is 3.14. The number of hydrogen-bond donors (Lipinski definition) is 1. The molecule has 2 unspecified atom stereocenters. The van der Waals surface area contributed by atoms with Crippen LogP contribution in [0.4, 0.5) is 13.2 Å². The van der Waals surface area contributed by atoms with Gasteiger partial charge in [-0.05, 0) is 38.1 Å². The molecule has 2 heterocycles. The van der Waals surface area contributed by atoms with Gasteiger partial charge in [0.05, 0.1) is 11.9 Å². The lowest BCUT2D eigenvalue weighted by atomic mass is 10.0. The van der Waals surface area contributed by atoms with Crippen molar-refractivity contribution in [3.8, 4) is 5.69 Å². The van der Waals surface area contributed by atoms with Gasteiger partial charge in [-0.25, -0.2) is 4.68 Å². The first kappa shape index (κ1) is 20.3. The fourth-order valence-electron chi connectivity index (χ4n) is 3.00. The van der Waals surface area contributed by atoms with Gasteiger partial charge in [0.1, 0.15) is 5.69 Å². The summed E-state index contributed by atoms with van der Waals surface area (Å²) in [6, 6.07) is 7.20. The Morgan fingerprint density at radius 3 is 2.69 bits per heavy atom. The van der Waals surface area contributed by atoms with Crippen LogP contribution in [0.25, 0.3) is 5.69 Å². The molecule has 3 rings (SSSR count). The maximum absolute atomic E-state index is 13.1. The van der Waals surface area contributed by atoms with Crippen molar-refractivity contribution < 1.29 is 18.0 Å². The lowest BCUT2D eigenvalue weighted by molar-refractivity contribution is -0.142. The van der Waals surface area contributed by atoms with Gasteiger partial charge < -0.3 is 10.2 Å². The molecule has 0 saturated carbocycles. The highest BCUT2D eigenvalue weighted by atomic mass is 35.5. The summed E-state index contributed by atoms with van der Waals surface area (Å²) in [6.07, 6.45) is -3.42. The summed E-state index contributed by atoms with van der Waals surface area (Å²) in [7, 11) is 0. The van der Waals surface area contributed by atoms with E-state index in [1.54, 1.807) is 17.0 Å². The zero-order valence-corrected chi connectivity index (χ0v) is 15.1. The molecule has 1 aliphatic heterocycles. The highest BCUT2D eigenvalue weighted by Gasteiger charge is 2.35. The van der Waals surface area contributed by atoms with Gasteiger partial charge in [-0.15, -0.1) is 12.4 Å². The molecule has 1 aromatic heterocycles. The number of carbonyl (C=O) groups excluding carboxylic acids is 1. The molecule has 1 N–H and O–H groups in total. The van der Waals surface area contributed by atoms with Crippen molar-refractivity contribution in [3.05, 3.63) is 47.8 Å². The van der Waals surface area contributed by atoms with Crippen molar-refractivity contribution in [2.24, 2.45) is 0 Å². The first-order valence-corrected chi connectivity index (χ1v) is 8.05. The highest BCUT2D eigenvalue weighted by Crippen LogP contribution is 2.30. The largest absolute Gasteiger partial charge is 0.433 e. The number of halogens is 4. The summed E-state index contributed by atoms with van der Waals surface area (Å²) in [5.41, 5.74) is -0.317. The summed E-state index contributed by atoms with van der Waals surface area (Å²) >= 11 is 0. The van der Waals surface area contributed by atoms with Crippen LogP contribution in [0, 0.1) is 0 Å². The molecule has 1 aromatic carbocycles. The second-order valence-corrected chi connectivity index (χ2v) is 6.16. The van der Waals surface area contributed by atoms with Gasteiger partial charge in [-0.1, -0.05) is 6.07 Å². The Balaban J connectivity index is 0.00000243. The smallest absolute Gasteiger partial charge is 0.333 e. The molecule has 1 fully saturated rings. The Morgan fingerprint density at radius 1 is 1.27 bits per heavy atom. The van der Waals surface area contributed by atoms with Crippen LogP contribution >= 0.6 is 12.4 Å². The number of aromatic nitrogens is 2. The van der Waals surface area contributed by atoms with Gasteiger partial charge in [-0.2, -0.15) is 18.3 Å². The molecule has 0 bridgehead atoms. The van der Waals surface area contributed by atoms with Crippen LogP contribution in [-0.4, -0.2) is 45.8 Å². The van der Waals surface area contributed by atoms with Crippen LogP contribution in [-0.2, 0) is 6.18 Å². The summed E-state index contributed by atoms with van der Waals surface area (Å²) in [5, 5.41) is 7.05. The average Bonchev–Trinajstić information content (AvgIpc) is 3.07. The van der Waals surface area contributed by atoms with E-state index >= 15 is 0 Å². The van der Waals surface area contributed by atoms with E-state index in [9.17, 15) is 18.0 Å². The topological polar surface area (TPSA) is 50.2 Å². The monoisotopic (exact) mass is 388 g/mol. The lowest BCUT2D eigenvalue weighted by Crippen LogP contribution is -2.57. The highest BCUT2D eigenvalue weighted by molar-refractivity contribution is 5.95. The normalized spacial score (nSPS) is 20.6.